The van der Waals surface area contributed by atoms with Crippen LogP contribution in [0.2, 0.25) is 0 Å². The van der Waals surface area contributed by atoms with Crippen molar-refractivity contribution in [1.29, 1.82) is 0 Å². The minimum absolute atomic E-state index is 0.229. The molecular weight excluding hydrogens is 226 g/mol. The summed E-state index contributed by atoms with van der Waals surface area (Å²) in [5, 5.41) is 6.48. The Hall–Kier alpha value is -0.610. The molecule has 0 saturated carbocycles. The van der Waals surface area contributed by atoms with Crippen LogP contribution in [0.1, 0.15) is 46.5 Å². The molecule has 0 aromatic rings. The molecule has 0 aliphatic carbocycles. The third-order valence-corrected chi connectivity index (χ3v) is 3.40. The molecule has 1 saturated heterocycles. The summed E-state index contributed by atoms with van der Waals surface area (Å²) in [6, 6.07) is 0.966. The number of carbonyl (C=O) groups is 1. The van der Waals surface area contributed by atoms with Crippen LogP contribution in [0.4, 0.5) is 0 Å². The topological polar surface area (TPSA) is 44.4 Å². The molecule has 0 atom stereocenters. The van der Waals surface area contributed by atoms with Crippen molar-refractivity contribution in [1.82, 2.24) is 15.5 Å². The zero-order valence-corrected chi connectivity index (χ0v) is 12.2. The molecule has 0 unspecified atom stereocenters. The highest BCUT2D eigenvalue weighted by Crippen LogP contribution is 2.07. The van der Waals surface area contributed by atoms with E-state index in [1.807, 2.05) is 0 Å². The summed E-state index contributed by atoms with van der Waals surface area (Å²) in [7, 11) is 0. The van der Waals surface area contributed by atoms with Gasteiger partial charge in [-0.25, -0.2) is 0 Å². The lowest BCUT2D eigenvalue weighted by molar-refractivity contribution is -0.123. The van der Waals surface area contributed by atoms with Crippen molar-refractivity contribution in [2.45, 2.75) is 58.5 Å². The molecule has 0 spiro atoms. The molecule has 2 N–H and O–H groups in total. The quantitative estimate of drug-likeness (QED) is 0.612. The van der Waals surface area contributed by atoms with Gasteiger partial charge in [0.05, 0.1) is 6.04 Å². The second-order valence-corrected chi connectivity index (χ2v) is 5.54. The van der Waals surface area contributed by atoms with Gasteiger partial charge in [-0.1, -0.05) is 27.2 Å². The fourth-order valence-electron chi connectivity index (χ4n) is 2.20. The zero-order valence-electron chi connectivity index (χ0n) is 12.2. The van der Waals surface area contributed by atoms with Crippen molar-refractivity contribution >= 4 is 5.91 Å². The Labute approximate surface area is 111 Å². The van der Waals surface area contributed by atoms with Gasteiger partial charge in [0.15, 0.2) is 0 Å². The van der Waals surface area contributed by atoms with Gasteiger partial charge in [-0.3, -0.25) is 9.69 Å². The maximum Gasteiger partial charge on any atom is 0.220 e. The maximum absolute atomic E-state index is 11.6. The molecule has 1 rings (SSSR count). The van der Waals surface area contributed by atoms with Gasteiger partial charge in [-0.15, -0.1) is 0 Å². The second-order valence-electron chi connectivity index (χ2n) is 5.54. The number of nitrogens with zero attached hydrogens (tertiary/aromatic N) is 1. The van der Waals surface area contributed by atoms with E-state index >= 15 is 0 Å². The molecule has 18 heavy (non-hydrogen) atoms. The second kappa shape index (κ2) is 8.48. The molecule has 1 aliphatic heterocycles. The Kier molecular flexibility index (Phi) is 7.28. The van der Waals surface area contributed by atoms with Gasteiger partial charge in [0.2, 0.25) is 5.91 Å². The van der Waals surface area contributed by atoms with E-state index in [2.05, 4.69) is 36.3 Å². The third-order valence-electron chi connectivity index (χ3n) is 3.40. The van der Waals surface area contributed by atoms with Crippen LogP contribution in [0.5, 0.6) is 0 Å². The number of hydrogen-bond donors (Lipinski definition) is 2. The molecule has 1 heterocycles. The number of hydrogen-bond acceptors (Lipinski definition) is 3. The fraction of sp³-hybridized carbons (Fsp3) is 0.929. The van der Waals surface area contributed by atoms with Crippen molar-refractivity contribution in [2.24, 2.45) is 0 Å². The summed E-state index contributed by atoms with van der Waals surface area (Å²) >= 11 is 0. The first kappa shape index (κ1) is 15.4. The minimum atomic E-state index is 0.229. The van der Waals surface area contributed by atoms with Crippen LogP contribution >= 0.6 is 0 Å². The Morgan fingerprint density at radius 3 is 2.61 bits per heavy atom. The number of carbonyl (C=O) groups excluding carboxylic acids is 1. The van der Waals surface area contributed by atoms with Gasteiger partial charge in [-0.05, 0) is 25.9 Å². The molecule has 0 aromatic carbocycles. The molecule has 0 aromatic heterocycles. The predicted molar refractivity (Wildman–Crippen MR) is 75.7 cm³/mol. The van der Waals surface area contributed by atoms with Gasteiger partial charge >= 0.3 is 0 Å². The molecular formula is C14H29N3O. The van der Waals surface area contributed by atoms with Crippen LogP contribution in [0, 0.1) is 0 Å². The molecule has 1 fully saturated rings. The maximum atomic E-state index is 11.6. The van der Waals surface area contributed by atoms with Crippen LogP contribution in [0.3, 0.4) is 0 Å². The van der Waals surface area contributed by atoms with E-state index in [0.29, 0.717) is 18.5 Å². The zero-order chi connectivity index (χ0) is 13.4. The van der Waals surface area contributed by atoms with Crippen LogP contribution in [0.15, 0.2) is 0 Å². The first-order valence-electron chi connectivity index (χ1n) is 7.37. The fourth-order valence-corrected chi connectivity index (χ4v) is 2.20. The van der Waals surface area contributed by atoms with Gasteiger partial charge in [0.25, 0.3) is 0 Å². The highest BCUT2D eigenvalue weighted by molar-refractivity contribution is 5.76. The summed E-state index contributed by atoms with van der Waals surface area (Å²) in [5.41, 5.74) is 0. The van der Waals surface area contributed by atoms with Gasteiger partial charge < -0.3 is 10.6 Å². The lowest BCUT2D eigenvalue weighted by Crippen LogP contribution is -2.58. The average Bonchev–Trinajstić information content (AvgIpc) is 2.27. The van der Waals surface area contributed by atoms with Crippen LogP contribution in [-0.2, 0) is 4.79 Å². The van der Waals surface area contributed by atoms with Crippen molar-refractivity contribution < 1.29 is 4.79 Å². The number of likely N-dealkylation sites (N-methyl/N-ethyl adjacent to an activating group) is 1. The van der Waals surface area contributed by atoms with E-state index in [1.54, 1.807) is 0 Å². The summed E-state index contributed by atoms with van der Waals surface area (Å²) in [6.45, 7) is 10.7. The smallest absolute Gasteiger partial charge is 0.220 e. The standard InChI is InChI=1S/C14H29N3O/c1-4-17-10-13(11-17)16-14(18)8-6-5-7-9-15-12(2)3/h12-13,15H,4-11H2,1-3H3,(H,16,18). The van der Waals surface area contributed by atoms with E-state index in [0.717, 1.165) is 39.0 Å². The molecule has 0 radical (unpaired) electrons. The highest BCUT2D eigenvalue weighted by Gasteiger charge is 2.25. The van der Waals surface area contributed by atoms with Crippen molar-refractivity contribution in [3.63, 3.8) is 0 Å². The number of nitrogens with one attached hydrogen (secondary N) is 2. The SMILES string of the molecule is CCN1CC(NC(=O)CCCCCNC(C)C)C1. The number of likely N-dealkylation sites (tertiary alicyclic amines) is 1. The van der Waals surface area contributed by atoms with Crippen molar-refractivity contribution in [2.75, 3.05) is 26.2 Å². The summed E-state index contributed by atoms with van der Waals surface area (Å²) < 4.78 is 0. The summed E-state index contributed by atoms with van der Waals surface area (Å²) in [4.78, 5) is 14.0. The Bertz CT molecular complexity index is 237. The number of amides is 1. The van der Waals surface area contributed by atoms with Crippen LogP contribution in [-0.4, -0.2) is 49.1 Å². The van der Waals surface area contributed by atoms with E-state index in [1.165, 1.54) is 6.42 Å². The van der Waals surface area contributed by atoms with E-state index < -0.39 is 0 Å². The summed E-state index contributed by atoms with van der Waals surface area (Å²) in [6.07, 6.45) is 4.00. The molecule has 4 heteroatoms. The Morgan fingerprint density at radius 2 is 2.00 bits per heavy atom. The lowest BCUT2D eigenvalue weighted by Gasteiger charge is -2.38. The first-order chi connectivity index (χ1) is 8.61. The van der Waals surface area contributed by atoms with Gasteiger partial charge in [0, 0.05) is 25.6 Å². The van der Waals surface area contributed by atoms with Gasteiger partial charge in [-0.2, -0.15) is 0 Å². The van der Waals surface area contributed by atoms with E-state index in [9.17, 15) is 4.79 Å². The van der Waals surface area contributed by atoms with E-state index in [-0.39, 0.29) is 5.91 Å². The first-order valence-corrected chi connectivity index (χ1v) is 7.37. The van der Waals surface area contributed by atoms with E-state index in [4.69, 9.17) is 0 Å². The lowest BCUT2D eigenvalue weighted by atomic mass is 10.1. The Morgan fingerprint density at radius 1 is 1.28 bits per heavy atom. The molecule has 0 bridgehead atoms. The van der Waals surface area contributed by atoms with Crippen LogP contribution in [0.25, 0.3) is 0 Å². The molecule has 4 nitrogen and oxygen atoms in total. The molecule has 106 valence electrons. The predicted octanol–water partition coefficient (Wildman–Crippen LogP) is 1.37. The average molecular weight is 255 g/mol. The normalized spacial score (nSPS) is 16.9. The largest absolute Gasteiger partial charge is 0.351 e. The van der Waals surface area contributed by atoms with Gasteiger partial charge in [0.1, 0.15) is 0 Å². The van der Waals surface area contributed by atoms with Crippen molar-refractivity contribution in [3.8, 4) is 0 Å². The summed E-state index contributed by atoms with van der Waals surface area (Å²) in [5.74, 6) is 0.229. The minimum Gasteiger partial charge on any atom is -0.351 e. The monoisotopic (exact) mass is 255 g/mol. The molecule has 1 aliphatic rings. The number of rotatable bonds is 9. The third kappa shape index (κ3) is 6.36. The Balaban J connectivity index is 1.88. The van der Waals surface area contributed by atoms with Crippen LogP contribution < -0.4 is 10.6 Å². The molecule has 1 amide bonds. The van der Waals surface area contributed by atoms with Crippen molar-refractivity contribution in [3.05, 3.63) is 0 Å². The number of unbranched alkanes of at least 4 members (excludes halogenated alkanes) is 2. The highest BCUT2D eigenvalue weighted by atomic mass is 16.1.